The van der Waals surface area contributed by atoms with Crippen molar-refractivity contribution in [2.24, 2.45) is 0 Å². The Bertz CT molecular complexity index is 366. The van der Waals surface area contributed by atoms with Crippen molar-refractivity contribution in [1.82, 2.24) is 0 Å². The molecule has 0 aromatic heterocycles. The Kier molecular flexibility index (Phi) is 3.96. The lowest BCUT2D eigenvalue weighted by atomic mass is 10.3. The number of benzene rings is 1. The molecule has 0 radical (unpaired) electrons. The first-order valence-electron chi connectivity index (χ1n) is 4.51. The molecule has 1 amide bonds. The van der Waals surface area contributed by atoms with Gasteiger partial charge in [-0.1, -0.05) is 0 Å². The number of nitrogens with one attached hydrogen (secondary N) is 1. The standard InChI is InChI=1S/C10H13BrN2O2/c1-6(2)15-10(14)13-9-5-7(12)3-4-8(9)11/h3-6H,12H2,1-2H3,(H,13,14). The molecule has 82 valence electrons. The Morgan fingerprint density at radius 3 is 2.80 bits per heavy atom. The van der Waals surface area contributed by atoms with E-state index in [1.807, 2.05) is 0 Å². The second-order valence-corrected chi connectivity index (χ2v) is 4.17. The number of carbonyl (C=O) groups excluding carboxylic acids is 1. The lowest BCUT2D eigenvalue weighted by Crippen LogP contribution is -2.18. The molecule has 0 bridgehead atoms. The maximum atomic E-state index is 11.3. The highest BCUT2D eigenvalue weighted by Crippen LogP contribution is 2.24. The van der Waals surface area contributed by atoms with Gasteiger partial charge in [0.2, 0.25) is 0 Å². The van der Waals surface area contributed by atoms with Gasteiger partial charge in [0, 0.05) is 10.2 Å². The van der Waals surface area contributed by atoms with Gasteiger partial charge in [-0.05, 0) is 48.0 Å². The molecule has 1 aromatic carbocycles. The number of nitrogens with two attached hydrogens (primary N) is 1. The highest BCUT2D eigenvalue weighted by molar-refractivity contribution is 9.10. The molecule has 0 unspecified atom stereocenters. The van der Waals surface area contributed by atoms with Crippen LogP contribution in [-0.4, -0.2) is 12.2 Å². The van der Waals surface area contributed by atoms with Crippen LogP contribution in [0.5, 0.6) is 0 Å². The molecule has 0 aliphatic rings. The number of hydrogen-bond donors (Lipinski definition) is 2. The van der Waals surface area contributed by atoms with Gasteiger partial charge in [0.25, 0.3) is 0 Å². The summed E-state index contributed by atoms with van der Waals surface area (Å²) in [7, 11) is 0. The van der Waals surface area contributed by atoms with Crippen molar-refractivity contribution in [2.45, 2.75) is 20.0 Å². The molecule has 5 heteroatoms. The number of carbonyl (C=O) groups is 1. The SMILES string of the molecule is CC(C)OC(=O)Nc1cc(N)ccc1Br. The molecule has 1 rings (SSSR count). The van der Waals surface area contributed by atoms with Crippen molar-refractivity contribution in [3.05, 3.63) is 22.7 Å². The zero-order valence-corrected chi connectivity index (χ0v) is 10.2. The van der Waals surface area contributed by atoms with Crippen molar-refractivity contribution in [2.75, 3.05) is 11.1 Å². The zero-order valence-electron chi connectivity index (χ0n) is 8.58. The molecule has 0 aliphatic carbocycles. The highest BCUT2D eigenvalue weighted by atomic mass is 79.9. The molecule has 1 aromatic rings. The minimum Gasteiger partial charge on any atom is -0.447 e. The predicted octanol–water partition coefficient (Wildman–Crippen LogP) is 2.99. The Hall–Kier alpha value is -1.23. The third kappa shape index (κ3) is 3.79. The molecule has 0 saturated heterocycles. The number of nitrogen functional groups attached to an aromatic ring is 1. The van der Waals surface area contributed by atoms with E-state index in [1.54, 1.807) is 32.0 Å². The molecule has 0 atom stereocenters. The Balaban J connectivity index is 2.71. The van der Waals surface area contributed by atoms with Crippen LogP contribution in [0, 0.1) is 0 Å². The van der Waals surface area contributed by atoms with Gasteiger partial charge in [0.05, 0.1) is 11.8 Å². The number of ether oxygens (including phenoxy) is 1. The van der Waals surface area contributed by atoms with Crippen molar-refractivity contribution in [3.8, 4) is 0 Å². The Morgan fingerprint density at radius 2 is 2.20 bits per heavy atom. The first-order chi connectivity index (χ1) is 6.99. The Morgan fingerprint density at radius 1 is 1.53 bits per heavy atom. The van der Waals surface area contributed by atoms with E-state index in [0.29, 0.717) is 11.4 Å². The lowest BCUT2D eigenvalue weighted by molar-refractivity contribution is 0.130. The van der Waals surface area contributed by atoms with E-state index in [4.69, 9.17) is 10.5 Å². The molecule has 0 saturated carbocycles. The van der Waals surface area contributed by atoms with Crippen LogP contribution in [0.1, 0.15) is 13.8 Å². The molecular formula is C10H13BrN2O2. The van der Waals surface area contributed by atoms with Crippen molar-refractivity contribution in [3.63, 3.8) is 0 Å². The van der Waals surface area contributed by atoms with E-state index in [2.05, 4.69) is 21.2 Å². The average molecular weight is 273 g/mol. The van der Waals surface area contributed by atoms with Crippen molar-refractivity contribution < 1.29 is 9.53 Å². The van der Waals surface area contributed by atoms with E-state index in [1.165, 1.54) is 0 Å². The summed E-state index contributed by atoms with van der Waals surface area (Å²) >= 11 is 3.30. The summed E-state index contributed by atoms with van der Waals surface area (Å²) in [6.07, 6.45) is -0.638. The van der Waals surface area contributed by atoms with E-state index < -0.39 is 6.09 Å². The maximum Gasteiger partial charge on any atom is 0.411 e. The monoisotopic (exact) mass is 272 g/mol. The second kappa shape index (κ2) is 5.02. The summed E-state index contributed by atoms with van der Waals surface area (Å²) in [6.45, 7) is 3.57. The van der Waals surface area contributed by atoms with Crippen LogP contribution < -0.4 is 11.1 Å². The van der Waals surface area contributed by atoms with Gasteiger partial charge in [-0.15, -0.1) is 0 Å². The summed E-state index contributed by atoms with van der Waals surface area (Å²) in [5, 5.41) is 2.59. The summed E-state index contributed by atoms with van der Waals surface area (Å²) in [5.74, 6) is 0. The first kappa shape index (κ1) is 11.8. The quantitative estimate of drug-likeness (QED) is 0.814. The van der Waals surface area contributed by atoms with Gasteiger partial charge >= 0.3 is 6.09 Å². The molecule has 0 heterocycles. The van der Waals surface area contributed by atoms with E-state index in [9.17, 15) is 4.79 Å². The van der Waals surface area contributed by atoms with Gasteiger partial charge in [-0.2, -0.15) is 0 Å². The van der Waals surface area contributed by atoms with Crippen molar-refractivity contribution in [1.29, 1.82) is 0 Å². The van der Waals surface area contributed by atoms with Crippen LogP contribution in [0.3, 0.4) is 0 Å². The molecule has 3 N–H and O–H groups in total. The van der Waals surface area contributed by atoms with Crippen molar-refractivity contribution >= 4 is 33.4 Å². The number of amides is 1. The largest absolute Gasteiger partial charge is 0.447 e. The fourth-order valence-corrected chi connectivity index (χ4v) is 1.34. The molecule has 0 aliphatic heterocycles. The topological polar surface area (TPSA) is 64.3 Å². The van der Waals surface area contributed by atoms with Gasteiger partial charge < -0.3 is 10.5 Å². The average Bonchev–Trinajstić information content (AvgIpc) is 2.10. The van der Waals surface area contributed by atoms with Crippen LogP contribution in [0.4, 0.5) is 16.2 Å². The third-order valence-corrected chi connectivity index (χ3v) is 2.26. The number of rotatable bonds is 2. The molecule has 15 heavy (non-hydrogen) atoms. The summed E-state index contributed by atoms with van der Waals surface area (Å²) in [6, 6.07) is 5.16. The summed E-state index contributed by atoms with van der Waals surface area (Å²) in [5.41, 5.74) is 6.77. The molecular weight excluding hydrogens is 260 g/mol. The minimum atomic E-state index is -0.490. The summed E-state index contributed by atoms with van der Waals surface area (Å²) < 4.78 is 5.70. The maximum absolute atomic E-state index is 11.3. The van der Waals surface area contributed by atoms with E-state index in [0.717, 1.165) is 4.47 Å². The lowest BCUT2D eigenvalue weighted by Gasteiger charge is -2.11. The molecule has 4 nitrogen and oxygen atoms in total. The smallest absolute Gasteiger partial charge is 0.411 e. The Labute approximate surface area is 96.9 Å². The minimum absolute atomic E-state index is 0.148. The fourth-order valence-electron chi connectivity index (χ4n) is 0.992. The second-order valence-electron chi connectivity index (χ2n) is 3.32. The van der Waals surface area contributed by atoms with Gasteiger partial charge in [0.1, 0.15) is 0 Å². The normalized spacial score (nSPS) is 10.1. The molecule has 0 spiro atoms. The van der Waals surface area contributed by atoms with Gasteiger partial charge in [-0.25, -0.2) is 4.79 Å². The van der Waals surface area contributed by atoms with Crippen LogP contribution in [0.15, 0.2) is 22.7 Å². The van der Waals surface area contributed by atoms with Crippen LogP contribution in [0.25, 0.3) is 0 Å². The van der Waals surface area contributed by atoms with Crippen LogP contribution in [0.2, 0.25) is 0 Å². The molecule has 0 fully saturated rings. The van der Waals surface area contributed by atoms with Crippen LogP contribution >= 0.6 is 15.9 Å². The van der Waals surface area contributed by atoms with E-state index >= 15 is 0 Å². The van der Waals surface area contributed by atoms with Crippen LogP contribution in [-0.2, 0) is 4.74 Å². The number of anilines is 2. The van der Waals surface area contributed by atoms with Gasteiger partial charge in [0.15, 0.2) is 0 Å². The van der Waals surface area contributed by atoms with Gasteiger partial charge in [-0.3, -0.25) is 5.32 Å². The third-order valence-electron chi connectivity index (χ3n) is 1.57. The highest BCUT2D eigenvalue weighted by Gasteiger charge is 2.08. The zero-order chi connectivity index (χ0) is 11.4. The number of halogens is 1. The van der Waals surface area contributed by atoms with E-state index in [-0.39, 0.29) is 6.10 Å². The first-order valence-corrected chi connectivity index (χ1v) is 5.31. The number of hydrogen-bond acceptors (Lipinski definition) is 3. The summed E-state index contributed by atoms with van der Waals surface area (Å²) in [4.78, 5) is 11.3. The predicted molar refractivity (Wildman–Crippen MR) is 63.8 cm³/mol. The fraction of sp³-hybridized carbons (Fsp3) is 0.300.